The number of carbonyl (C=O) groups excluding carboxylic acids is 2. The molecule has 182 valence electrons. The Bertz CT molecular complexity index is 976. The van der Waals surface area contributed by atoms with E-state index in [0.29, 0.717) is 0 Å². The van der Waals surface area contributed by atoms with E-state index in [9.17, 15) is 14.4 Å². The minimum atomic E-state index is -0.960. The maximum Gasteiger partial charge on any atom is 0.407 e. The highest BCUT2D eigenvalue weighted by Crippen LogP contribution is 2.44. The molecule has 0 heterocycles. The summed E-state index contributed by atoms with van der Waals surface area (Å²) in [6.07, 6.45) is -0.766. The number of rotatable bonds is 11. The molecule has 0 bridgehead atoms. The molecule has 2 atom stereocenters. The van der Waals surface area contributed by atoms with Gasteiger partial charge in [-0.1, -0.05) is 62.4 Å². The van der Waals surface area contributed by atoms with Crippen LogP contribution in [0.25, 0.3) is 11.1 Å². The van der Waals surface area contributed by atoms with Gasteiger partial charge in [0.25, 0.3) is 0 Å². The molecule has 1 aliphatic carbocycles. The normalized spacial score (nSPS) is 14.1. The second-order valence-corrected chi connectivity index (χ2v) is 8.82. The van der Waals surface area contributed by atoms with Gasteiger partial charge in [-0.05, 0) is 34.1 Å². The third kappa shape index (κ3) is 6.14. The maximum absolute atomic E-state index is 12.7. The summed E-state index contributed by atoms with van der Waals surface area (Å²) in [4.78, 5) is 36.3. The summed E-state index contributed by atoms with van der Waals surface area (Å²) in [5.74, 6) is -1.60. The molecule has 3 N–H and O–H groups in total. The summed E-state index contributed by atoms with van der Waals surface area (Å²) in [5.41, 5.74) is 4.45. The molecule has 0 fully saturated rings. The second-order valence-electron chi connectivity index (χ2n) is 8.82. The molecule has 8 nitrogen and oxygen atoms in total. The quantitative estimate of drug-likeness (QED) is 0.466. The van der Waals surface area contributed by atoms with E-state index in [1.807, 2.05) is 50.2 Å². The molecular weight excluding hydrogens is 436 g/mol. The van der Waals surface area contributed by atoms with E-state index < -0.39 is 24.0 Å². The molecule has 3 rings (SSSR count). The summed E-state index contributed by atoms with van der Waals surface area (Å²) < 4.78 is 10.6. The molecule has 1 aliphatic rings. The molecule has 0 radical (unpaired) electrons. The molecular formula is C26H32N2O6. The average Bonchev–Trinajstić information content (AvgIpc) is 3.13. The zero-order valence-electron chi connectivity index (χ0n) is 19.7. The number of hydrogen-bond acceptors (Lipinski definition) is 5. The first kappa shape index (κ1) is 25.2. The van der Waals surface area contributed by atoms with Crippen LogP contribution in [0.1, 0.15) is 37.3 Å². The molecule has 0 spiro atoms. The Hall–Kier alpha value is -3.39. The van der Waals surface area contributed by atoms with Crippen LogP contribution in [0.2, 0.25) is 0 Å². The Kier molecular flexibility index (Phi) is 8.65. The number of carboxylic acids is 1. The zero-order chi connectivity index (χ0) is 24.7. The zero-order valence-corrected chi connectivity index (χ0v) is 19.7. The van der Waals surface area contributed by atoms with Crippen LogP contribution in [0, 0.1) is 11.8 Å². The van der Waals surface area contributed by atoms with Gasteiger partial charge >= 0.3 is 12.1 Å². The standard InChI is InChI=1S/C26H32N2O6/c1-16(2)17(12-24(29)30)13-27-25(31)23(15-33-3)28-26(32)34-14-22-20-10-6-4-8-18(20)19-9-5-7-11-21(19)22/h4-11,16-17,22-23H,12-15H2,1-3H3,(H,27,31)(H,28,32)(H,29,30)/t17?,23-/m0/s1. The smallest absolute Gasteiger partial charge is 0.407 e. The number of nitrogens with one attached hydrogen (secondary N) is 2. The summed E-state index contributed by atoms with van der Waals surface area (Å²) in [6, 6.07) is 15.1. The predicted octanol–water partition coefficient (Wildman–Crippen LogP) is 3.40. The number of fused-ring (bicyclic) bond motifs is 3. The molecule has 34 heavy (non-hydrogen) atoms. The van der Waals surface area contributed by atoms with Gasteiger partial charge in [0.05, 0.1) is 13.0 Å². The van der Waals surface area contributed by atoms with Gasteiger partial charge in [-0.3, -0.25) is 9.59 Å². The maximum atomic E-state index is 12.7. The van der Waals surface area contributed by atoms with Gasteiger partial charge in [-0.2, -0.15) is 0 Å². The summed E-state index contributed by atoms with van der Waals surface area (Å²) in [5, 5.41) is 14.4. The monoisotopic (exact) mass is 468 g/mol. The number of hydrogen-bond donors (Lipinski definition) is 3. The van der Waals surface area contributed by atoms with Crippen molar-refractivity contribution in [2.24, 2.45) is 11.8 Å². The lowest BCUT2D eigenvalue weighted by atomic mass is 9.92. The van der Waals surface area contributed by atoms with Gasteiger partial charge in [0.2, 0.25) is 5.91 Å². The largest absolute Gasteiger partial charge is 0.481 e. The van der Waals surface area contributed by atoms with Crippen molar-refractivity contribution in [1.29, 1.82) is 0 Å². The highest BCUT2D eigenvalue weighted by molar-refractivity contribution is 5.86. The minimum absolute atomic E-state index is 0.0404. The fourth-order valence-electron chi connectivity index (χ4n) is 4.25. The minimum Gasteiger partial charge on any atom is -0.481 e. The summed E-state index contributed by atoms with van der Waals surface area (Å²) >= 11 is 0. The van der Waals surface area contributed by atoms with E-state index in [0.717, 1.165) is 22.3 Å². The average molecular weight is 469 g/mol. The van der Waals surface area contributed by atoms with Crippen LogP contribution >= 0.6 is 0 Å². The van der Waals surface area contributed by atoms with Crippen LogP contribution in [0.4, 0.5) is 4.79 Å². The van der Waals surface area contributed by atoms with Gasteiger partial charge in [0.15, 0.2) is 0 Å². The Balaban J connectivity index is 1.59. The summed E-state index contributed by atoms with van der Waals surface area (Å²) in [7, 11) is 1.43. The van der Waals surface area contributed by atoms with Crippen molar-refractivity contribution in [3.05, 3.63) is 59.7 Å². The number of methoxy groups -OCH3 is 1. The number of ether oxygens (including phenoxy) is 2. The van der Waals surface area contributed by atoms with Crippen LogP contribution in [-0.2, 0) is 19.1 Å². The van der Waals surface area contributed by atoms with Gasteiger partial charge in [0.1, 0.15) is 12.6 Å². The van der Waals surface area contributed by atoms with E-state index in [2.05, 4.69) is 22.8 Å². The molecule has 0 aliphatic heterocycles. The Labute approximate surface area is 199 Å². The highest BCUT2D eigenvalue weighted by atomic mass is 16.5. The molecule has 0 saturated carbocycles. The van der Waals surface area contributed by atoms with E-state index >= 15 is 0 Å². The van der Waals surface area contributed by atoms with Crippen molar-refractivity contribution in [1.82, 2.24) is 10.6 Å². The second kappa shape index (κ2) is 11.7. The Morgan fingerprint density at radius 2 is 1.59 bits per heavy atom. The lowest BCUT2D eigenvalue weighted by Crippen LogP contribution is -2.50. The van der Waals surface area contributed by atoms with Gasteiger partial charge in [-0.25, -0.2) is 4.79 Å². The predicted molar refractivity (Wildman–Crippen MR) is 127 cm³/mol. The Morgan fingerprint density at radius 3 is 2.12 bits per heavy atom. The lowest BCUT2D eigenvalue weighted by Gasteiger charge is -2.22. The number of amides is 2. The van der Waals surface area contributed by atoms with Gasteiger partial charge < -0.3 is 25.2 Å². The molecule has 0 aromatic heterocycles. The van der Waals surface area contributed by atoms with E-state index in [-0.39, 0.29) is 43.9 Å². The third-order valence-electron chi connectivity index (χ3n) is 6.20. The molecule has 2 aromatic rings. The Morgan fingerprint density at radius 1 is 1.00 bits per heavy atom. The van der Waals surface area contributed by atoms with Crippen molar-refractivity contribution in [2.75, 3.05) is 26.9 Å². The van der Waals surface area contributed by atoms with Crippen molar-refractivity contribution in [3.63, 3.8) is 0 Å². The molecule has 8 heteroatoms. The van der Waals surface area contributed by atoms with E-state index in [4.69, 9.17) is 14.6 Å². The van der Waals surface area contributed by atoms with E-state index in [1.54, 1.807) is 0 Å². The number of alkyl carbamates (subject to hydrolysis) is 1. The number of carboxylic acid groups (broad SMARTS) is 1. The van der Waals surface area contributed by atoms with Crippen LogP contribution < -0.4 is 10.6 Å². The molecule has 1 unspecified atom stereocenters. The van der Waals surface area contributed by atoms with Gasteiger partial charge in [0, 0.05) is 19.6 Å². The first-order chi connectivity index (χ1) is 16.3. The fourth-order valence-corrected chi connectivity index (χ4v) is 4.25. The first-order valence-corrected chi connectivity index (χ1v) is 11.4. The van der Waals surface area contributed by atoms with Crippen LogP contribution in [-0.4, -0.2) is 56.0 Å². The highest BCUT2D eigenvalue weighted by Gasteiger charge is 2.30. The topological polar surface area (TPSA) is 114 Å². The van der Waals surface area contributed by atoms with Crippen LogP contribution in [0.3, 0.4) is 0 Å². The van der Waals surface area contributed by atoms with E-state index in [1.165, 1.54) is 7.11 Å². The number of benzene rings is 2. The van der Waals surface area contributed by atoms with Gasteiger partial charge in [-0.15, -0.1) is 0 Å². The summed E-state index contributed by atoms with van der Waals surface area (Å²) in [6.45, 7) is 4.09. The van der Waals surface area contributed by atoms with Crippen molar-refractivity contribution in [2.45, 2.75) is 32.2 Å². The lowest BCUT2D eigenvalue weighted by molar-refractivity contribution is -0.138. The number of aliphatic carboxylic acids is 1. The first-order valence-electron chi connectivity index (χ1n) is 11.4. The SMILES string of the molecule is COC[C@H](NC(=O)OCC1c2ccccc2-c2ccccc21)C(=O)NCC(CC(=O)O)C(C)C. The van der Waals surface area contributed by atoms with Crippen molar-refractivity contribution in [3.8, 4) is 11.1 Å². The number of carbonyl (C=O) groups is 3. The van der Waals surface area contributed by atoms with Crippen molar-refractivity contribution < 1.29 is 29.0 Å². The fraction of sp³-hybridized carbons (Fsp3) is 0.423. The molecule has 0 saturated heterocycles. The molecule has 2 amide bonds. The third-order valence-corrected chi connectivity index (χ3v) is 6.20. The molecule has 2 aromatic carbocycles. The van der Waals surface area contributed by atoms with Crippen LogP contribution in [0.5, 0.6) is 0 Å². The van der Waals surface area contributed by atoms with Crippen LogP contribution in [0.15, 0.2) is 48.5 Å². The van der Waals surface area contributed by atoms with Crippen molar-refractivity contribution >= 4 is 18.0 Å².